The van der Waals surface area contributed by atoms with Crippen molar-refractivity contribution in [2.24, 2.45) is 0 Å². The molecule has 0 aliphatic heterocycles. The number of aryl methyl sites for hydroxylation is 3. The molecule has 3 rings (SSSR count). The van der Waals surface area contributed by atoms with Crippen molar-refractivity contribution < 1.29 is 23.9 Å². The Balaban J connectivity index is 1.38. The molecule has 0 bridgehead atoms. The van der Waals surface area contributed by atoms with Gasteiger partial charge in [0.05, 0.1) is 6.42 Å². The molecule has 0 fully saturated rings. The fraction of sp³-hybridized carbons (Fsp3) is 0.222. The molecule has 3 aromatic carbocycles. The van der Waals surface area contributed by atoms with Crippen molar-refractivity contribution in [1.29, 1.82) is 0 Å². The molecule has 7 nitrogen and oxygen atoms in total. The number of rotatable bonds is 9. The average Bonchev–Trinajstić information content (AvgIpc) is 2.79. The summed E-state index contributed by atoms with van der Waals surface area (Å²) in [6, 6.07) is 18.3. The van der Waals surface area contributed by atoms with Gasteiger partial charge in [-0.25, -0.2) is 0 Å². The molecule has 0 heterocycles. The van der Waals surface area contributed by atoms with Gasteiger partial charge in [-0.1, -0.05) is 22.0 Å². The number of esters is 1. The average molecular weight is 539 g/mol. The third-order valence-corrected chi connectivity index (χ3v) is 5.82. The van der Waals surface area contributed by atoms with E-state index in [9.17, 15) is 14.4 Å². The summed E-state index contributed by atoms with van der Waals surface area (Å²) in [5.41, 5.74) is 4.39. The van der Waals surface area contributed by atoms with Gasteiger partial charge in [0.15, 0.2) is 6.61 Å². The van der Waals surface area contributed by atoms with Crippen LogP contribution in [-0.4, -0.2) is 24.4 Å². The third kappa shape index (κ3) is 8.57. The van der Waals surface area contributed by atoms with Gasteiger partial charge >= 0.3 is 5.97 Å². The molecule has 0 aromatic heterocycles. The fourth-order valence-corrected chi connectivity index (χ4v) is 3.56. The maximum Gasteiger partial charge on any atom is 0.306 e. The lowest BCUT2D eigenvalue weighted by Gasteiger charge is -2.10. The van der Waals surface area contributed by atoms with Gasteiger partial charge in [0.2, 0.25) is 5.91 Å². The van der Waals surface area contributed by atoms with Gasteiger partial charge in [-0.3, -0.25) is 14.4 Å². The summed E-state index contributed by atoms with van der Waals surface area (Å²) < 4.78 is 11.8. The molecule has 0 aliphatic carbocycles. The van der Waals surface area contributed by atoms with Crippen LogP contribution >= 0.6 is 15.9 Å². The van der Waals surface area contributed by atoms with Crippen LogP contribution in [0, 0.1) is 20.8 Å². The van der Waals surface area contributed by atoms with Gasteiger partial charge in [0.1, 0.15) is 11.5 Å². The zero-order valence-electron chi connectivity index (χ0n) is 19.8. The minimum atomic E-state index is -0.625. The van der Waals surface area contributed by atoms with Crippen molar-refractivity contribution in [3.05, 3.63) is 81.8 Å². The lowest BCUT2D eigenvalue weighted by Crippen LogP contribution is -2.21. The molecule has 0 saturated carbocycles. The zero-order chi connectivity index (χ0) is 25.4. The number of halogens is 1. The van der Waals surface area contributed by atoms with E-state index in [-0.39, 0.29) is 18.7 Å². The van der Waals surface area contributed by atoms with Crippen LogP contribution in [0.5, 0.6) is 11.5 Å². The molecule has 2 amide bonds. The molecule has 35 heavy (non-hydrogen) atoms. The number of hydrogen-bond acceptors (Lipinski definition) is 5. The first-order valence-corrected chi connectivity index (χ1v) is 11.8. The number of carbonyl (C=O) groups is 3. The van der Waals surface area contributed by atoms with E-state index in [0.29, 0.717) is 17.1 Å². The van der Waals surface area contributed by atoms with E-state index in [1.165, 1.54) is 0 Å². The van der Waals surface area contributed by atoms with Crippen molar-refractivity contribution in [2.45, 2.75) is 33.6 Å². The quantitative estimate of drug-likeness (QED) is 0.322. The summed E-state index contributed by atoms with van der Waals surface area (Å²) in [6.07, 6.45) is -0.197. The Morgan fingerprint density at radius 2 is 1.37 bits per heavy atom. The van der Waals surface area contributed by atoms with Gasteiger partial charge in [-0.2, -0.15) is 0 Å². The van der Waals surface area contributed by atoms with Crippen molar-refractivity contribution >= 4 is 45.1 Å². The second-order valence-electron chi connectivity index (χ2n) is 8.17. The Bertz CT molecular complexity index is 1200. The monoisotopic (exact) mass is 538 g/mol. The normalized spacial score (nSPS) is 10.4. The number of benzene rings is 3. The molecule has 8 heteroatoms. The summed E-state index contributed by atoms with van der Waals surface area (Å²) in [5, 5.41) is 5.39. The minimum Gasteiger partial charge on any atom is -0.457 e. The van der Waals surface area contributed by atoms with E-state index in [4.69, 9.17) is 9.47 Å². The van der Waals surface area contributed by atoms with E-state index in [0.717, 1.165) is 26.9 Å². The highest BCUT2D eigenvalue weighted by Crippen LogP contribution is 2.25. The molecular weight excluding hydrogens is 512 g/mol. The highest BCUT2D eigenvalue weighted by molar-refractivity contribution is 9.10. The van der Waals surface area contributed by atoms with Gasteiger partial charge < -0.3 is 20.1 Å². The SMILES string of the molecule is Cc1cc(C)cc(Oc2ccc(NC(=O)CCC(=O)OCC(=O)Nc3ccc(Br)c(C)c3)cc2)c1. The van der Waals surface area contributed by atoms with Crippen molar-refractivity contribution in [3.8, 4) is 11.5 Å². The summed E-state index contributed by atoms with van der Waals surface area (Å²) in [7, 11) is 0. The Labute approximate surface area is 213 Å². The zero-order valence-corrected chi connectivity index (χ0v) is 21.4. The molecule has 0 aliphatic rings. The number of hydrogen-bond donors (Lipinski definition) is 2. The molecular formula is C27H27BrN2O5. The van der Waals surface area contributed by atoms with Crippen molar-refractivity contribution in [3.63, 3.8) is 0 Å². The lowest BCUT2D eigenvalue weighted by molar-refractivity contribution is -0.147. The Morgan fingerprint density at radius 3 is 2.03 bits per heavy atom. The van der Waals surface area contributed by atoms with E-state index in [1.54, 1.807) is 36.4 Å². The van der Waals surface area contributed by atoms with Crippen LogP contribution in [0.3, 0.4) is 0 Å². The highest BCUT2D eigenvalue weighted by Gasteiger charge is 2.11. The Morgan fingerprint density at radius 1 is 0.743 bits per heavy atom. The van der Waals surface area contributed by atoms with E-state index >= 15 is 0 Å². The third-order valence-electron chi connectivity index (χ3n) is 4.93. The molecule has 0 atom stereocenters. The maximum atomic E-state index is 12.2. The van der Waals surface area contributed by atoms with Crippen LogP contribution in [0.2, 0.25) is 0 Å². The van der Waals surface area contributed by atoms with Crippen LogP contribution < -0.4 is 15.4 Å². The molecule has 0 radical (unpaired) electrons. The van der Waals surface area contributed by atoms with Gasteiger partial charge in [0, 0.05) is 22.3 Å². The largest absolute Gasteiger partial charge is 0.457 e. The standard InChI is InChI=1S/C27H27BrN2O5/c1-17-12-18(2)14-23(13-17)35-22-7-4-20(5-8-22)29-25(31)10-11-27(33)34-16-26(32)30-21-6-9-24(28)19(3)15-21/h4-9,12-15H,10-11,16H2,1-3H3,(H,29,31)(H,30,32). The second kappa shape index (κ2) is 12.2. The van der Waals surface area contributed by atoms with Crippen LogP contribution in [-0.2, 0) is 19.1 Å². The van der Waals surface area contributed by atoms with E-state index in [2.05, 4.69) is 32.6 Å². The Hall–Kier alpha value is -3.65. The number of ether oxygens (including phenoxy) is 2. The fourth-order valence-electron chi connectivity index (χ4n) is 3.31. The molecule has 0 spiro atoms. The van der Waals surface area contributed by atoms with Gasteiger partial charge in [0.25, 0.3) is 5.91 Å². The molecule has 0 saturated heterocycles. The number of nitrogens with one attached hydrogen (secondary N) is 2. The van der Waals surface area contributed by atoms with E-state index < -0.39 is 18.5 Å². The first kappa shape index (κ1) is 26.0. The first-order valence-electron chi connectivity index (χ1n) is 11.1. The van der Waals surface area contributed by atoms with Crippen molar-refractivity contribution in [2.75, 3.05) is 17.2 Å². The Kier molecular flexibility index (Phi) is 9.03. The second-order valence-corrected chi connectivity index (χ2v) is 9.03. The summed E-state index contributed by atoms with van der Waals surface area (Å²) in [5.74, 6) is -0.0153. The smallest absolute Gasteiger partial charge is 0.306 e. The number of carbonyl (C=O) groups excluding carboxylic acids is 3. The molecule has 182 valence electrons. The van der Waals surface area contributed by atoms with Crippen LogP contribution in [0.4, 0.5) is 11.4 Å². The van der Waals surface area contributed by atoms with Gasteiger partial charge in [-0.15, -0.1) is 0 Å². The summed E-state index contributed by atoms with van der Waals surface area (Å²) >= 11 is 3.39. The van der Waals surface area contributed by atoms with Crippen LogP contribution in [0.25, 0.3) is 0 Å². The van der Waals surface area contributed by atoms with Crippen molar-refractivity contribution in [1.82, 2.24) is 0 Å². The summed E-state index contributed by atoms with van der Waals surface area (Å²) in [4.78, 5) is 36.1. The summed E-state index contributed by atoms with van der Waals surface area (Å²) in [6.45, 7) is 5.50. The van der Waals surface area contributed by atoms with Gasteiger partial charge in [-0.05, 0) is 92.1 Å². The topological polar surface area (TPSA) is 93.7 Å². The minimum absolute atomic E-state index is 0.0623. The van der Waals surface area contributed by atoms with Crippen LogP contribution in [0.1, 0.15) is 29.5 Å². The maximum absolute atomic E-state index is 12.2. The lowest BCUT2D eigenvalue weighted by atomic mass is 10.1. The molecule has 2 N–H and O–H groups in total. The van der Waals surface area contributed by atoms with Crippen LogP contribution in [0.15, 0.2) is 65.1 Å². The highest BCUT2D eigenvalue weighted by atomic mass is 79.9. The molecule has 0 unspecified atom stereocenters. The number of anilines is 2. The predicted molar refractivity (Wildman–Crippen MR) is 139 cm³/mol. The van der Waals surface area contributed by atoms with E-state index in [1.807, 2.05) is 39.0 Å². The predicted octanol–water partition coefficient (Wildman–Crippen LogP) is 6.07. The molecule has 3 aromatic rings. The first-order chi connectivity index (χ1) is 16.7. The number of amides is 2.